The Morgan fingerprint density at radius 1 is 1.32 bits per heavy atom. The van der Waals surface area contributed by atoms with Crippen molar-refractivity contribution in [2.45, 2.75) is 63.5 Å². The van der Waals surface area contributed by atoms with Crippen LogP contribution in [-0.2, 0) is 14.3 Å². The number of fused-ring (bicyclic) bond motifs is 3. The zero-order valence-corrected chi connectivity index (χ0v) is 16.4. The highest BCUT2D eigenvalue weighted by molar-refractivity contribution is 6.01. The number of ether oxygens (including phenoxy) is 1. The lowest BCUT2D eigenvalue weighted by molar-refractivity contribution is -0.166. The average Bonchev–Trinajstić information content (AvgIpc) is 3.34. The van der Waals surface area contributed by atoms with Crippen molar-refractivity contribution in [2.24, 2.45) is 28.6 Å². The van der Waals surface area contributed by atoms with E-state index in [0.717, 1.165) is 0 Å². The molecule has 9 atom stereocenters. The molecule has 28 heavy (non-hydrogen) atoms. The molecule has 0 aromatic rings. The van der Waals surface area contributed by atoms with Crippen LogP contribution in [0, 0.1) is 28.6 Å². The fourth-order valence-corrected chi connectivity index (χ4v) is 7.69. The average molecular weight is 390 g/mol. The van der Waals surface area contributed by atoms with Crippen molar-refractivity contribution >= 4 is 11.6 Å². The number of allylic oxidation sites excluding steroid dienone is 2. The van der Waals surface area contributed by atoms with E-state index < -0.39 is 40.6 Å². The van der Waals surface area contributed by atoms with Crippen LogP contribution >= 0.6 is 0 Å². The number of rotatable bonds is 2. The molecule has 4 fully saturated rings. The summed E-state index contributed by atoms with van der Waals surface area (Å²) in [6.07, 6.45) is 4.58. The number of alkyl halides is 1. The number of carbonyl (C=O) groups excluding carboxylic acids is 2. The van der Waals surface area contributed by atoms with Gasteiger partial charge in [-0.1, -0.05) is 19.9 Å². The Balaban J connectivity index is 1.63. The standard InChI is InChI=1S/C22H27FO5/c1-11-6-13-14-8-16(23)15-7-12(25)4-5-19(15,2)22(14)18(28-22)9-20(13,3)21(11,27)17(26)10-24/h4-5,7,11,13-14,16,18,24,27H,6,8-10H2,1-3H3/t11-,13+,14+,16+,18+,19+,20+,21+,22+/m1/s1. The first-order valence-electron chi connectivity index (χ1n) is 10.2. The molecule has 5 aliphatic rings. The minimum Gasteiger partial charge on any atom is -0.388 e. The Bertz CT molecular complexity index is 850. The summed E-state index contributed by atoms with van der Waals surface area (Å²) in [4.78, 5) is 24.5. The highest BCUT2D eigenvalue weighted by Crippen LogP contribution is 2.76. The number of hydrogen-bond donors (Lipinski definition) is 2. The van der Waals surface area contributed by atoms with Crippen molar-refractivity contribution in [1.82, 2.24) is 0 Å². The molecule has 1 heterocycles. The van der Waals surface area contributed by atoms with E-state index in [1.54, 1.807) is 6.08 Å². The van der Waals surface area contributed by atoms with Crippen molar-refractivity contribution < 1.29 is 28.9 Å². The summed E-state index contributed by atoms with van der Waals surface area (Å²) in [5.41, 5.74) is -3.19. The summed E-state index contributed by atoms with van der Waals surface area (Å²) < 4.78 is 21.6. The van der Waals surface area contributed by atoms with E-state index in [1.165, 1.54) is 12.2 Å². The normalized spacial score (nSPS) is 56.3. The number of ketones is 2. The minimum absolute atomic E-state index is 0.0931. The first-order chi connectivity index (χ1) is 13.1. The van der Waals surface area contributed by atoms with E-state index in [-0.39, 0.29) is 36.1 Å². The molecule has 152 valence electrons. The third kappa shape index (κ3) is 1.75. The van der Waals surface area contributed by atoms with Gasteiger partial charge in [-0.2, -0.15) is 0 Å². The van der Waals surface area contributed by atoms with Crippen molar-refractivity contribution in [2.75, 3.05) is 6.61 Å². The number of aliphatic hydroxyl groups excluding tert-OH is 1. The number of hydrogen-bond acceptors (Lipinski definition) is 5. The molecule has 0 bridgehead atoms. The Morgan fingerprint density at radius 3 is 2.71 bits per heavy atom. The smallest absolute Gasteiger partial charge is 0.190 e. The molecular weight excluding hydrogens is 363 g/mol. The van der Waals surface area contributed by atoms with Crippen LogP contribution < -0.4 is 0 Å². The molecule has 1 aliphatic heterocycles. The largest absolute Gasteiger partial charge is 0.388 e. The maximum absolute atomic E-state index is 15.3. The maximum atomic E-state index is 15.3. The number of Topliss-reactive ketones (excluding diaryl/α,β-unsaturated/α-hetero) is 1. The zero-order chi connectivity index (χ0) is 20.3. The molecule has 0 unspecified atom stereocenters. The van der Waals surface area contributed by atoms with Crippen LogP contribution in [0.5, 0.6) is 0 Å². The second-order valence-electron chi connectivity index (χ2n) is 9.96. The minimum atomic E-state index is -1.63. The van der Waals surface area contributed by atoms with Gasteiger partial charge in [0.05, 0.1) is 6.10 Å². The molecule has 5 rings (SSSR count). The van der Waals surface area contributed by atoms with Gasteiger partial charge < -0.3 is 14.9 Å². The number of halogens is 1. The summed E-state index contributed by atoms with van der Waals surface area (Å²) in [7, 11) is 0. The van der Waals surface area contributed by atoms with E-state index in [0.29, 0.717) is 18.4 Å². The topological polar surface area (TPSA) is 87.1 Å². The molecule has 0 aromatic heterocycles. The summed E-state index contributed by atoms with van der Waals surface area (Å²) in [6.45, 7) is 5.00. The quantitative estimate of drug-likeness (QED) is 0.704. The highest BCUT2D eigenvalue weighted by Gasteiger charge is 2.82. The summed E-state index contributed by atoms with van der Waals surface area (Å²) in [5, 5.41) is 21.0. The van der Waals surface area contributed by atoms with E-state index in [9.17, 15) is 19.8 Å². The second-order valence-corrected chi connectivity index (χ2v) is 9.96. The van der Waals surface area contributed by atoms with Crippen LogP contribution in [0.15, 0.2) is 23.8 Å². The molecule has 6 heteroatoms. The van der Waals surface area contributed by atoms with Gasteiger partial charge in [0.2, 0.25) is 0 Å². The lowest BCUT2D eigenvalue weighted by atomic mass is 9.46. The SMILES string of the molecule is C[C@@H]1C[C@H]2[C@@H]3C[C@H](F)C4=CC(=O)C=C[C@]4(C)[C@]34O[C@H]4C[C@]2(C)[C@@]1(O)C(=O)CO. The molecule has 0 aromatic carbocycles. The maximum Gasteiger partial charge on any atom is 0.190 e. The van der Waals surface area contributed by atoms with Crippen LogP contribution in [0.1, 0.15) is 40.0 Å². The van der Waals surface area contributed by atoms with Gasteiger partial charge in [0.25, 0.3) is 0 Å². The molecule has 1 saturated heterocycles. The van der Waals surface area contributed by atoms with Crippen LogP contribution in [0.2, 0.25) is 0 Å². The Labute approximate surface area is 163 Å². The summed E-state index contributed by atoms with van der Waals surface area (Å²) in [6, 6.07) is 0. The van der Waals surface area contributed by atoms with E-state index in [2.05, 4.69) is 0 Å². The first-order valence-corrected chi connectivity index (χ1v) is 10.2. The molecule has 2 N–H and O–H groups in total. The summed E-state index contributed by atoms with van der Waals surface area (Å²) in [5.74, 6) is -1.32. The Hall–Kier alpha value is -1.37. The zero-order valence-electron chi connectivity index (χ0n) is 16.4. The fourth-order valence-electron chi connectivity index (χ4n) is 7.69. The highest BCUT2D eigenvalue weighted by atomic mass is 19.1. The Morgan fingerprint density at radius 2 is 2.04 bits per heavy atom. The number of aliphatic hydroxyl groups is 2. The number of epoxide rings is 1. The fraction of sp³-hybridized carbons (Fsp3) is 0.727. The predicted octanol–water partition coefficient (Wildman–Crippen LogP) is 1.91. The molecule has 3 saturated carbocycles. The van der Waals surface area contributed by atoms with Gasteiger partial charge in [0.1, 0.15) is 24.0 Å². The van der Waals surface area contributed by atoms with Crippen LogP contribution in [0.25, 0.3) is 0 Å². The second kappa shape index (κ2) is 5.21. The molecule has 0 amide bonds. The summed E-state index contributed by atoms with van der Waals surface area (Å²) >= 11 is 0. The van der Waals surface area contributed by atoms with Gasteiger partial charge in [0, 0.05) is 10.8 Å². The van der Waals surface area contributed by atoms with E-state index >= 15 is 4.39 Å². The Kier molecular flexibility index (Phi) is 3.47. The van der Waals surface area contributed by atoms with Crippen molar-refractivity contribution in [1.29, 1.82) is 0 Å². The lowest BCUT2D eigenvalue weighted by Gasteiger charge is -2.56. The molecule has 5 nitrogen and oxygen atoms in total. The van der Waals surface area contributed by atoms with Crippen LogP contribution in [-0.4, -0.2) is 51.9 Å². The lowest BCUT2D eigenvalue weighted by Crippen LogP contribution is -2.63. The molecule has 0 radical (unpaired) electrons. The van der Waals surface area contributed by atoms with E-state index in [1.807, 2.05) is 20.8 Å². The predicted molar refractivity (Wildman–Crippen MR) is 98.0 cm³/mol. The van der Waals surface area contributed by atoms with Gasteiger partial charge >= 0.3 is 0 Å². The van der Waals surface area contributed by atoms with Crippen molar-refractivity contribution in [3.63, 3.8) is 0 Å². The first kappa shape index (κ1) is 18.6. The van der Waals surface area contributed by atoms with Gasteiger partial charge in [0.15, 0.2) is 11.6 Å². The monoisotopic (exact) mass is 390 g/mol. The van der Waals surface area contributed by atoms with Gasteiger partial charge in [-0.3, -0.25) is 9.59 Å². The molecule has 1 spiro atoms. The van der Waals surface area contributed by atoms with E-state index in [4.69, 9.17) is 4.74 Å². The van der Waals surface area contributed by atoms with Crippen molar-refractivity contribution in [3.05, 3.63) is 23.8 Å². The van der Waals surface area contributed by atoms with Gasteiger partial charge in [-0.05, 0) is 61.7 Å². The third-order valence-electron chi connectivity index (χ3n) is 9.07. The number of carbonyl (C=O) groups is 2. The third-order valence-corrected chi connectivity index (χ3v) is 9.07. The van der Waals surface area contributed by atoms with Crippen LogP contribution in [0.3, 0.4) is 0 Å². The molecule has 4 aliphatic carbocycles. The van der Waals surface area contributed by atoms with Gasteiger partial charge in [-0.15, -0.1) is 0 Å². The van der Waals surface area contributed by atoms with Gasteiger partial charge in [-0.25, -0.2) is 4.39 Å². The molecular formula is C22H27FO5. The van der Waals surface area contributed by atoms with Crippen molar-refractivity contribution in [3.8, 4) is 0 Å². The van der Waals surface area contributed by atoms with Crippen LogP contribution in [0.4, 0.5) is 4.39 Å².